The van der Waals surface area contributed by atoms with E-state index in [1.54, 1.807) is 24.3 Å². The number of aliphatic hydroxyl groups is 1. The summed E-state index contributed by atoms with van der Waals surface area (Å²) in [6.45, 7) is 0.0746. The van der Waals surface area contributed by atoms with Crippen molar-refractivity contribution in [3.63, 3.8) is 0 Å². The number of hydrogen-bond donors (Lipinski definition) is 2. The van der Waals surface area contributed by atoms with Gasteiger partial charge < -0.3 is 10.4 Å². The van der Waals surface area contributed by atoms with Crippen LogP contribution in [0.5, 0.6) is 0 Å². The van der Waals surface area contributed by atoms with Gasteiger partial charge in [0.05, 0.1) is 5.69 Å². The third-order valence-corrected chi connectivity index (χ3v) is 6.11. The minimum absolute atomic E-state index is 0.0746. The highest BCUT2D eigenvalue weighted by atomic mass is 35.5. The fourth-order valence-corrected chi connectivity index (χ4v) is 4.56. The van der Waals surface area contributed by atoms with E-state index in [1.807, 2.05) is 6.26 Å². The molecule has 0 saturated heterocycles. The Bertz CT molecular complexity index is 869. The molecular weight excluding hydrogens is 410 g/mol. The Kier molecular flexibility index (Phi) is 6.01. The highest BCUT2D eigenvalue weighted by Crippen LogP contribution is 2.46. The zero-order chi connectivity index (χ0) is 19.7. The smallest absolute Gasteiger partial charge is 0.262 e. The molecule has 0 fully saturated rings. The van der Waals surface area contributed by atoms with Crippen LogP contribution in [0.25, 0.3) is 0 Å². The fraction of sp³-hybridized carbons (Fsp3) is 0.368. The number of amides is 1. The van der Waals surface area contributed by atoms with Gasteiger partial charge in [0.2, 0.25) is 5.67 Å². The molecule has 2 atom stereocenters. The van der Waals surface area contributed by atoms with Crippen LogP contribution in [0.4, 0.5) is 4.39 Å². The van der Waals surface area contributed by atoms with Gasteiger partial charge in [0, 0.05) is 34.1 Å². The van der Waals surface area contributed by atoms with Gasteiger partial charge in [-0.05, 0) is 42.9 Å². The maximum atomic E-state index is 15.8. The number of nitrogens with zero attached hydrogens (tertiary/aromatic N) is 1. The third-order valence-electron chi connectivity index (χ3n) is 4.76. The number of rotatable bonds is 5. The fourth-order valence-electron chi connectivity index (χ4n) is 3.32. The molecule has 1 aliphatic rings. The van der Waals surface area contributed by atoms with Crippen LogP contribution >= 0.6 is 35.0 Å². The topological polar surface area (TPSA) is 62.2 Å². The Labute approximate surface area is 171 Å². The summed E-state index contributed by atoms with van der Waals surface area (Å²) in [5.74, 6) is -0.385. The molecule has 2 aromatic rings. The number of nitrogens with one attached hydrogen (secondary N) is 1. The van der Waals surface area contributed by atoms with Crippen molar-refractivity contribution in [2.24, 2.45) is 0 Å². The molecule has 8 heteroatoms. The Hall–Kier alpha value is -1.34. The Morgan fingerprint density at radius 2 is 2.15 bits per heavy atom. The first-order chi connectivity index (χ1) is 12.8. The van der Waals surface area contributed by atoms with Crippen LogP contribution in [-0.2, 0) is 22.6 Å². The second-order valence-electron chi connectivity index (χ2n) is 6.58. The molecule has 27 heavy (non-hydrogen) atoms. The third kappa shape index (κ3) is 3.94. The maximum Gasteiger partial charge on any atom is 0.262 e. The number of hydrogen-bond acceptors (Lipinski definition) is 4. The molecule has 0 unspecified atom stereocenters. The van der Waals surface area contributed by atoms with Gasteiger partial charge in [0.15, 0.2) is 0 Å². The zero-order valence-electron chi connectivity index (χ0n) is 14.6. The molecule has 1 aromatic heterocycles. The molecule has 3 rings (SSSR count). The summed E-state index contributed by atoms with van der Waals surface area (Å²) in [7, 11) is 0. The number of pyridine rings is 1. The molecule has 1 amide bonds. The van der Waals surface area contributed by atoms with Crippen LogP contribution in [-0.4, -0.2) is 28.0 Å². The Morgan fingerprint density at radius 3 is 2.85 bits per heavy atom. The molecule has 0 spiro atoms. The minimum Gasteiger partial charge on any atom is -0.383 e. The van der Waals surface area contributed by atoms with Gasteiger partial charge >= 0.3 is 0 Å². The summed E-state index contributed by atoms with van der Waals surface area (Å²) in [6, 6.07) is 7.99. The number of aromatic nitrogens is 1. The van der Waals surface area contributed by atoms with E-state index in [0.717, 1.165) is 0 Å². The monoisotopic (exact) mass is 428 g/mol. The van der Waals surface area contributed by atoms with Gasteiger partial charge in [-0.2, -0.15) is 11.8 Å². The van der Waals surface area contributed by atoms with E-state index in [4.69, 9.17) is 23.2 Å². The number of halogens is 3. The van der Waals surface area contributed by atoms with E-state index >= 15 is 4.39 Å². The van der Waals surface area contributed by atoms with Crippen LogP contribution < -0.4 is 5.32 Å². The number of carbonyl (C=O) groups excluding carboxylic acids is 1. The average molecular weight is 429 g/mol. The summed E-state index contributed by atoms with van der Waals surface area (Å²) < 4.78 is 15.8. The Morgan fingerprint density at radius 1 is 1.37 bits per heavy atom. The lowest BCUT2D eigenvalue weighted by molar-refractivity contribution is -0.136. The summed E-state index contributed by atoms with van der Waals surface area (Å²) in [4.78, 5) is 16.9. The van der Waals surface area contributed by atoms with Gasteiger partial charge in [0.1, 0.15) is 5.60 Å². The van der Waals surface area contributed by atoms with Gasteiger partial charge in [-0.25, -0.2) is 4.39 Å². The van der Waals surface area contributed by atoms with Crippen molar-refractivity contribution in [2.75, 3.05) is 12.0 Å². The molecule has 0 bridgehead atoms. The molecule has 0 saturated carbocycles. The van der Waals surface area contributed by atoms with Crippen LogP contribution in [0.2, 0.25) is 10.0 Å². The van der Waals surface area contributed by atoms with E-state index in [-0.39, 0.29) is 30.6 Å². The normalized spacial score (nSPS) is 24.3. The van der Waals surface area contributed by atoms with E-state index in [0.29, 0.717) is 21.4 Å². The standard InChI is InChI=1S/C19H19Cl2FN2O2S/c1-27-11-18(26)6-7-19(22,14-3-2-8-23-16(14)18)17(25)24-10-12-4-5-13(20)9-15(12)21/h2-5,8-9,26H,6-7,10-11H2,1H3,(H,24,25)/t18-,19+/m1/s1. The number of carbonyl (C=O) groups is 1. The molecule has 4 nitrogen and oxygen atoms in total. The molecule has 2 N–H and O–H groups in total. The summed E-state index contributed by atoms with van der Waals surface area (Å²) in [6.07, 6.45) is 3.36. The number of fused-ring (bicyclic) bond motifs is 1. The summed E-state index contributed by atoms with van der Waals surface area (Å²) >= 11 is 13.4. The van der Waals surface area contributed by atoms with Crippen LogP contribution in [0.1, 0.15) is 29.7 Å². The number of alkyl halides is 1. The molecule has 1 aromatic carbocycles. The first-order valence-electron chi connectivity index (χ1n) is 8.38. The lowest BCUT2D eigenvalue weighted by atomic mass is 9.75. The van der Waals surface area contributed by atoms with Crippen molar-refractivity contribution in [1.29, 1.82) is 0 Å². The van der Waals surface area contributed by atoms with E-state index in [1.165, 1.54) is 24.0 Å². The first kappa shape index (κ1) is 20.4. The van der Waals surface area contributed by atoms with Gasteiger partial charge in [-0.3, -0.25) is 9.78 Å². The zero-order valence-corrected chi connectivity index (χ0v) is 17.0. The first-order valence-corrected chi connectivity index (χ1v) is 10.5. The molecule has 0 radical (unpaired) electrons. The second-order valence-corrected chi connectivity index (χ2v) is 8.29. The van der Waals surface area contributed by atoms with Crippen LogP contribution in [0.15, 0.2) is 36.5 Å². The summed E-state index contributed by atoms with van der Waals surface area (Å²) in [5.41, 5.74) is -2.52. The van der Waals surface area contributed by atoms with E-state index in [9.17, 15) is 9.90 Å². The predicted octanol–water partition coefficient (Wildman–Crippen LogP) is 4.21. The predicted molar refractivity (Wildman–Crippen MR) is 107 cm³/mol. The minimum atomic E-state index is -2.26. The highest BCUT2D eigenvalue weighted by molar-refractivity contribution is 7.98. The van der Waals surface area contributed by atoms with Crippen molar-refractivity contribution in [1.82, 2.24) is 10.3 Å². The van der Waals surface area contributed by atoms with E-state index < -0.39 is 17.2 Å². The number of benzene rings is 1. The summed E-state index contributed by atoms with van der Waals surface area (Å²) in [5, 5.41) is 14.4. The molecule has 0 aliphatic heterocycles. The van der Waals surface area contributed by atoms with E-state index in [2.05, 4.69) is 10.3 Å². The molecule has 1 aliphatic carbocycles. The largest absolute Gasteiger partial charge is 0.383 e. The second kappa shape index (κ2) is 7.95. The molecule has 144 valence electrons. The van der Waals surface area contributed by atoms with Crippen LogP contribution in [0.3, 0.4) is 0 Å². The average Bonchev–Trinajstić information content (AvgIpc) is 2.65. The van der Waals surface area contributed by atoms with Crippen molar-refractivity contribution >= 4 is 40.9 Å². The van der Waals surface area contributed by atoms with Gasteiger partial charge in [-0.15, -0.1) is 0 Å². The maximum absolute atomic E-state index is 15.8. The number of thioether (sulfide) groups is 1. The van der Waals surface area contributed by atoms with Gasteiger partial charge in [0.25, 0.3) is 5.91 Å². The molecular formula is C19H19Cl2FN2O2S. The SMILES string of the molecule is CSC[C@]1(O)CC[C@@](F)(C(=O)NCc2ccc(Cl)cc2Cl)c2cccnc21. The van der Waals surface area contributed by atoms with Gasteiger partial charge in [-0.1, -0.05) is 35.3 Å². The van der Waals surface area contributed by atoms with Crippen molar-refractivity contribution in [2.45, 2.75) is 30.7 Å². The molecule has 1 heterocycles. The lowest BCUT2D eigenvalue weighted by Crippen LogP contribution is -2.48. The van der Waals surface area contributed by atoms with Crippen LogP contribution in [0, 0.1) is 0 Å². The Balaban J connectivity index is 1.85. The highest BCUT2D eigenvalue weighted by Gasteiger charge is 2.51. The van der Waals surface area contributed by atoms with Crippen molar-refractivity contribution in [3.05, 3.63) is 63.4 Å². The van der Waals surface area contributed by atoms with Crippen molar-refractivity contribution < 1.29 is 14.3 Å². The van der Waals surface area contributed by atoms with Crippen molar-refractivity contribution in [3.8, 4) is 0 Å². The quantitative estimate of drug-likeness (QED) is 0.748. The lowest BCUT2D eigenvalue weighted by Gasteiger charge is -2.39.